The average Bonchev–Trinajstić information content (AvgIpc) is 3.56. The molecule has 220 valence electrons. The molecule has 3 heterocycles. The largest absolute Gasteiger partial charge is 0.324 e. The minimum atomic E-state index is -0.348. The maximum atomic E-state index is 5.06. The molecule has 0 bridgehead atoms. The number of aliphatic imine (C=N–C) groups is 2. The summed E-state index contributed by atoms with van der Waals surface area (Å²) >= 11 is 0. The fourth-order valence-electron chi connectivity index (χ4n) is 7.18. The Balaban J connectivity index is 1.16. The Morgan fingerprint density at radius 1 is 0.587 bits per heavy atom. The van der Waals surface area contributed by atoms with Gasteiger partial charge < -0.3 is 5.32 Å². The predicted octanol–water partition coefficient (Wildman–Crippen LogP) is 8.98. The van der Waals surface area contributed by atoms with Gasteiger partial charge in [-0.2, -0.15) is 0 Å². The van der Waals surface area contributed by atoms with Crippen LogP contribution >= 0.6 is 0 Å². The molecule has 7 aromatic rings. The first-order chi connectivity index (χ1) is 22.6. The van der Waals surface area contributed by atoms with E-state index in [0.717, 1.165) is 45.2 Å². The molecule has 9 rings (SSSR count). The van der Waals surface area contributed by atoms with Gasteiger partial charge in [-0.1, -0.05) is 117 Å². The van der Waals surface area contributed by atoms with Gasteiger partial charge in [-0.05, 0) is 58.1 Å². The Labute approximate surface area is 267 Å². The van der Waals surface area contributed by atoms with Gasteiger partial charge in [0.1, 0.15) is 17.5 Å². The van der Waals surface area contributed by atoms with Crippen LogP contribution in [0.25, 0.3) is 38.8 Å². The van der Waals surface area contributed by atoms with E-state index in [4.69, 9.17) is 15.0 Å². The summed E-state index contributed by atoms with van der Waals surface area (Å²) in [5, 5.41) is 5.96. The van der Waals surface area contributed by atoms with E-state index in [9.17, 15) is 0 Å². The van der Waals surface area contributed by atoms with Crippen molar-refractivity contribution < 1.29 is 0 Å². The second kappa shape index (κ2) is 10.1. The van der Waals surface area contributed by atoms with Crippen LogP contribution in [0, 0.1) is 0 Å². The van der Waals surface area contributed by atoms with Crippen LogP contribution in [0.15, 0.2) is 150 Å². The average molecular weight is 594 g/mol. The number of para-hydroxylation sites is 1. The standard InChI is InChI=1S/C41H31N5/c1-41(2)33-19-11-9-17-29(33)31-23-32-30-18-10-12-20-35(30)46(36(32)24-34(31)41)37-22-21-28(25-42-37)40-44-38(26-13-5-3-6-14-26)43-39(45-40)27-15-7-4-8-16-27/h3-25,38H,1-2H3,(H,43,44,45). The summed E-state index contributed by atoms with van der Waals surface area (Å²) in [5.41, 5.74) is 10.6. The number of fused-ring (bicyclic) bond motifs is 6. The van der Waals surface area contributed by atoms with Crippen molar-refractivity contribution in [3.63, 3.8) is 0 Å². The number of aromatic nitrogens is 2. The molecule has 0 fully saturated rings. The monoisotopic (exact) mass is 593 g/mol. The lowest BCUT2D eigenvalue weighted by atomic mass is 9.82. The molecule has 0 amide bonds. The molecule has 1 atom stereocenters. The Morgan fingerprint density at radius 2 is 1.28 bits per heavy atom. The molecular formula is C41H31N5. The molecule has 0 radical (unpaired) electrons. The lowest BCUT2D eigenvalue weighted by molar-refractivity contribution is 0.661. The highest BCUT2D eigenvalue weighted by Crippen LogP contribution is 2.50. The number of nitrogens with zero attached hydrogens (tertiary/aromatic N) is 4. The molecule has 46 heavy (non-hydrogen) atoms. The summed E-state index contributed by atoms with van der Waals surface area (Å²) in [6.07, 6.45) is 1.57. The summed E-state index contributed by atoms with van der Waals surface area (Å²) in [5.74, 6) is 2.42. The van der Waals surface area contributed by atoms with Crippen molar-refractivity contribution in [1.29, 1.82) is 0 Å². The summed E-state index contributed by atoms with van der Waals surface area (Å²) < 4.78 is 2.30. The quantitative estimate of drug-likeness (QED) is 0.221. The molecule has 2 aliphatic rings. The van der Waals surface area contributed by atoms with Crippen molar-refractivity contribution in [2.24, 2.45) is 9.98 Å². The van der Waals surface area contributed by atoms with Crippen LogP contribution in [0.1, 0.15) is 47.8 Å². The highest BCUT2D eigenvalue weighted by Gasteiger charge is 2.36. The van der Waals surface area contributed by atoms with Crippen LogP contribution in [0.3, 0.4) is 0 Å². The van der Waals surface area contributed by atoms with Crippen LogP contribution in [0.5, 0.6) is 0 Å². The first-order valence-electron chi connectivity index (χ1n) is 15.7. The van der Waals surface area contributed by atoms with Gasteiger partial charge in [-0.15, -0.1) is 0 Å². The molecule has 0 spiro atoms. The molecule has 1 aliphatic heterocycles. The number of hydrogen-bond acceptors (Lipinski definition) is 4. The van der Waals surface area contributed by atoms with Gasteiger partial charge >= 0.3 is 0 Å². The third-order valence-corrected chi connectivity index (χ3v) is 9.51. The third kappa shape index (κ3) is 4.05. The fraction of sp³-hybridized carbons (Fsp3) is 0.0976. The summed E-state index contributed by atoms with van der Waals surface area (Å²) in [7, 11) is 0. The zero-order valence-electron chi connectivity index (χ0n) is 25.6. The molecule has 5 nitrogen and oxygen atoms in total. The zero-order chi connectivity index (χ0) is 30.8. The first kappa shape index (κ1) is 26.6. The van der Waals surface area contributed by atoms with Gasteiger partial charge in [0.05, 0.1) is 11.0 Å². The summed E-state index contributed by atoms with van der Waals surface area (Å²) in [6, 6.07) is 46.9. The Bertz CT molecular complexity index is 2350. The number of amidine groups is 2. The van der Waals surface area contributed by atoms with E-state index in [-0.39, 0.29) is 11.6 Å². The molecule has 5 heteroatoms. The molecule has 5 aromatic carbocycles. The van der Waals surface area contributed by atoms with Crippen LogP contribution in [0.4, 0.5) is 0 Å². The summed E-state index contributed by atoms with van der Waals surface area (Å²) in [6.45, 7) is 4.66. The van der Waals surface area contributed by atoms with E-state index in [2.05, 4.69) is 121 Å². The van der Waals surface area contributed by atoms with Crippen LogP contribution in [-0.4, -0.2) is 21.2 Å². The van der Waals surface area contributed by atoms with Crippen molar-refractivity contribution in [3.8, 4) is 16.9 Å². The Hall–Kier alpha value is -5.81. The van der Waals surface area contributed by atoms with Gasteiger partial charge in [0.25, 0.3) is 0 Å². The van der Waals surface area contributed by atoms with Gasteiger partial charge in [0.2, 0.25) is 0 Å². The summed E-state index contributed by atoms with van der Waals surface area (Å²) in [4.78, 5) is 15.1. The molecular weight excluding hydrogens is 562 g/mol. The highest BCUT2D eigenvalue weighted by atomic mass is 15.2. The number of pyridine rings is 1. The van der Waals surface area contributed by atoms with Crippen molar-refractivity contribution >= 4 is 33.5 Å². The number of rotatable bonds is 4. The molecule has 0 saturated heterocycles. The Kier molecular flexibility index (Phi) is 5.84. The molecule has 2 aromatic heterocycles. The maximum absolute atomic E-state index is 5.06. The van der Waals surface area contributed by atoms with Crippen LogP contribution in [0.2, 0.25) is 0 Å². The normalized spacial score (nSPS) is 16.4. The Morgan fingerprint density at radius 3 is 2.07 bits per heavy atom. The molecule has 1 aliphatic carbocycles. The maximum Gasteiger partial charge on any atom is 0.169 e. The second-order valence-electron chi connectivity index (χ2n) is 12.6. The van der Waals surface area contributed by atoms with E-state index in [1.807, 2.05) is 42.6 Å². The first-order valence-corrected chi connectivity index (χ1v) is 15.7. The third-order valence-electron chi connectivity index (χ3n) is 9.51. The second-order valence-corrected chi connectivity index (χ2v) is 12.6. The smallest absolute Gasteiger partial charge is 0.169 e. The van der Waals surface area contributed by atoms with Crippen LogP contribution in [-0.2, 0) is 5.41 Å². The van der Waals surface area contributed by atoms with Crippen molar-refractivity contribution in [1.82, 2.24) is 14.9 Å². The van der Waals surface area contributed by atoms with E-state index in [0.29, 0.717) is 0 Å². The number of nitrogens with one attached hydrogen (secondary N) is 1. The minimum Gasteiger partial charge on any atom is -0.324 e. The highest BCUT2D eigenvalue weighted by molar-refractivity contribution is 6.16. The van der Waals surface area contributed by atoms with E-state index < -0.39 is 0 Å². The van der Waals surface area contributed by atoms with Crippen molar-refractivity contribution in [3.05, 3.63) is 167 Å². The molecule has 1 N–H and O–H groups in total. The number of benzene rings is 5. The SMILES string of the molecule is CC1(C)c2ccccc2-c2cc3c4ccccc4n(-c4ccc(C5=NC(c6ccccc6)N=C(c6ccccc6)N5)cn4)c3cc21. The van der Waals surface area contributed by atoms with Crippen LogP contribution < -0.4 is 5.32 Å². The predicted molar refractivity (Wildman–Crippen MR) is 188 cm³/mol. The van der Waals surface area contributed by atoms with E-state index in [1.54, 1.807) is 0 Å². The van der Waals surface area contributed by atoms with E-state index in [1.165, 1.54) is 33.0 Å². The van der Waals surface area contributed by atoms with Crippen molar-refractivity contribution in [2.45, 2.75) is 25.4 Å². The fourth-order valence-corrected chi connectivity index (χ4v) is 7.18. The minimum absolute atomic E-state index is 0.0865. The lowest BCUT2D eigenvalue weighted by Crippen LogP contribution is -2.36. The van der Waals surface area contributed by atoms with Gasteiger partial charge in [-0.25, -0.2) is 15.0 Å². The van der Waals surface area contributed by atoms with Gasteiger partial charge in [0, 0.05) is 33.5 Å². The van der Waals surface area contributed by atoms with Gasteiger partial charge in [0.15, 0.2) is 6.17 Å². The van der Waals surface area contributed by atoms with Crippen molar-refractivity contribution in [2.75, 3.05) is 0 Å². The van der Waals surface area contributed by atoms with E-state index >= 15 is 0 Å². The zero-order valence-corrected chi connectivity index (χ0v) is 25.6. The lowest BCUT2D eigenvalue weighted by Gasteiger charge is -2.22. The molecule has 0 saturated carbocycles. The van der Waals surface area contributed by atoms with Gasteiger partial charge in [-0.3, -0.25) is 4.57 Å². The topological polar surface area (TPSA) is 54.6 Å². The number of hydrogen-bond donors (Lipinski definition) is 1. The molecule has 1 unspecified atom stereocenters.